The first kappa shape index (κ1) is 33.7. The molecule has 2 aliphatic heterocycles. The third-order valence-electron chi connectivity index (χ3n) is 11.8. The molecule has 46 heavy (non-hydrogen) atoms. The van der Waals surface area contributed by atoms with Crippen LogP contribution < -0.4 is 0 Å². The summed E-state index contributed by atoms with van der Waals surface area (Å²) in [5, 5.41) is 0.672. The van der Waals surface area contributed by atoms with Crippen LogP contribution >= 0.6 is 23.2 Å². The van der Waals surface area contributed by atoms with E-state index in [-0.39, 0.29) is 36.1 Å². The summed E-state index contributed by atoms with van der Waals surface area (Å²) < 4.78 is 32.0. The van der Waals surface area contributed by atoms with E-state index in [9.17, 15) is 9.59 Å². The molecule has 0 aromatic heterocycles. The van der Waals surface area contributed by atoms with Crippen LogP contribution in [0.2, 0.25) is 10.0 Å². The lowest BCUT2D eigenvalue weighted by atomic mass is 9.43. The molecule has 0 amide bonds. The molecule has 2 saturated carbocycles. The molecule has 2 unspecified atom stereocenters. The fourth-order valence-electron chi connectivity index (χ4n) is 9.28. The van der Waals surface area contributed by atoms with Crippen molar-refractivity contribution in [3.63, 3.8) is 0 Å². The van der Waals surface area contributed by atoms with E-state index >= 15 is 0 Å². The van der Waals surface area contributed by atoms with Crippen LogP contribution in [0.3, 0.4) is 0 Å². The van der Waals surface area contributed by atoms with Crippen LogP contribution in [-0.2, 0) is 23.7 Å². The van der Waals surface area contributed by atoms with Crippen molar-refractivity contribution in [2.45, 2.75) is 103 Å². The first-order valence-electron chi connectivity index (χ1n) is 16.6. The summed E-state index contributed by atoms with van der Waals surface area (Å²) in [6.07, 6.45) is 5.96. The Morgan fingerprint density at radius 3 is 2.13 bits per heavy atom. The van der Waals surface area contributed by atoms with Gasteiger partial charge in [0.15, 0.2) is 5.79 Å². The van der Waals surface area contributed by atoms with E-state index in [0.29, 0.717) is 46.5 Å². The molecular weight excluding hydrogens is 627 g/mol. The van der Waals surface area contributed by atoms with Crippen molar-refractivity contribution >= 4 is 35.1 Å². The summed E-state index contributed by atoms with van der Waals surface area (Å²) >= 11 is 12.6. The second kappa shape index (κ2) is 12.4. The van der Waals surface area contributed by atoms with Crippen LogP contribution in [-0.4, -0.2) is 54.9 Å². The average Bonchev–Trinajstić information content (AvgIpc) is 3.41. The first-order chi connectivity index (χ1) is 21.7. The van der Waals surface area contributed by atoms with Crippen molar-refractivity contribution < 1.29 is 33.3 Å². The van der Waals surface area contributed by atoms with Gasteiger partial charge in [0.2, 0.25) is 0 Å². The monoisotopic (exact) mass is 672 g/mol. The van der Waals surface area contributed by atoms with E-state index < -0.39 is 28.9 Å². The Balaban J connectivity index is 1.27. The molecule has 250 valence electrons. The smallest absolute Gasteiger partial charge is 0.339 e. The van der Waals surface area contributed by atoms with Gasteiger partial charge >= 0.3 is 11.9 Å². The van der Waals surface area contributed by atoms with Gasteiger partial charge in [-0.2, -0.15) is 0 Å². The second-order valence-corrected chi connectivity index (χ2v) is 15.7. The molecule has 0 bridgehead atoms. The molecule has 2 aliphatic carbocycles. The van der Waals surface area contributed by atoms with Gasteiger partial charge in [-0.15, -0.1) is 0 Å². The maximum Gasteiger partial charge on any atom is 0.339 e. The van der Waals surface area contributed by atoms with Crippen molar-refractivity contribution in [3.05, 3.63) is 69.7 Å². The van der Waals surface area contributed by atoms with Crippen molar-refractivity contribution in [2.24, 2.45) is 22.7 Å². The lowest BCUT2D eigenvalue weighted by Crippen LogP contribution is -2.69. The molecule has 1 spiro atoms. The Morgan fingerprint density at radius 1 is 0.848 bits per heavy atom. The summed E-state index contributed by atoms with van der Waals surface area (Å²) in [5.74, 6) is -0.988. The fourth-order valence-corrected chi connectivity index (χ4v) is 9.71. The van der Waals surface area contributed by atoms with Crippen LogP contribution in [0.5, 0.6) is 0 Å². The van der Waals surface area contributed by atoms with Gasteiger partial charge in [0.25, 0.3) is 0 Å². The highest BCUT2D eigenvalue weighted by Gasteiger charge is 2.70. The number of hydrogen-bond donors (Lipinski definition) is 0. The standard InChI is InChI=1S/C37H46Cl2O7/c1-24-14-15-29-34(4)22-44-33(2,3)45-30(34)16-17-35(29,5)37(24)19-18-36(46-37,23-43-32(41)26-11-7-9-13-28(26)39)20-21-42-31(40)25-10-6-8-12-27(25)38/h6-13,24,29-30H,14-23H2,1-5H3/t24-,29?,30+,34+,35+,36?,37+/m1/s1. The zero-order valence-corrected chi connectivity index (χ0v) is 29.0. The molecule has 2 aromatic rings. The number of esters is 2. The number of carbonyl (C=O) groups excluding carboxylic acids is 2. The molecule has 7 nitrogen and oxygen atoms in total. The number of rotatable bonds is 7. The maximum atomic E-state index is 13.3. The zero-order valence-electron chi connectivity index (χ0n) is 27.5. The first-order valence-corrected chi connectivity index (χ1v) is 17.4. The van der Waals surface area contributed by atoms with Crippen molar-refractivity contribution in [1.29, 1.82) is 0 Å². The van der Waals surface area contributed by atoms with Gasteiger partial charge in [-0.3, -0.25) is 0 Å². The lowest BCUT2D eigenvalue weighted by molar-refractivity contribution is -0.359. The van der Waals surface area contributed by atoms with Crippen LogP contribution in [0.25, 0.3) is 0 Å². The maximum absolute atomic E-state index is 13.3. The predicted molar refractivity (Wildman–Crippen MR) is 176 cm³/mol. The number of hydrogen-bond acceptors (Lipinski definition) is 7. The van der Waals surface area contributed by atoms with E-state index in [0.717, 1.165) is 32.1 Å². The second-order valence-electron chi connectivity index (χ2n) is 14.9. The molecule has 7 atom stereocenters. The highest BCUT2D eigenvalue weighted by atomic mass is 35.5. The van der Waals surface area contributed by atoms with E-state index in [1.807, 2.05) is 13.8 Å². The Kier molecular flexibility index (Phi) is 9.08. The van der Waals surface area contributed by atoms with Gasteiger partial charge in [-0.25, -0.2) is 9.59 Å². The predicted octanol–water partition coefficient (Wildman–Crippen LogP) is 8.69. The number of benzene rings is 2. The van der Waals surface area contributed by atoms with Gasteiger partial charge in [-0.1, -0.05) is 68.2 Å². The molecule has 4 fully saturated rings. The van der Waals surface area contributed by atoms with E-state index in [2.05, 4.69) is 20.8 Å². The van der Waals surface area contributed by atoms with Crippen LogP contribution in [0.15, 0.2) is 48.5 Å². The summed E-state index contributed by atoms with van der Waals surface area (Å²) in [6, 6.07) is 13.7. The van der Waals surface area contributed by atoms with Gasteiger partial charge in [0.1, 0.15) is 12.2 Å². The highest BCUT2D eigenvalue weighted by Crippen LogP contribution is 2.69. The van der Waals surface area contributed by atoms with Crippen LogP contribution in [0.1, 0.15) is 100 Å². The third kappa shape index (κ3) is 5.78. The van der Waals surface area contributed by atoms with E-state index in [1.54, 1.807) is 48.5 Å². The lowest BCUT2D eigenvalue weighted by Gasteiger charge is -2.67. The molecule has 0 N–H and O–H groups in total. The fraction of sp³-hybridized carbons (Fsp3) is 0.622. The van der Waals surface area contributed by atoms with Gasteiger partial charge in [0.05, 0.1) is 46.1 Å². The number of halogens is 2. The average molecular weight is 674 g/mol. The number of ether oxygens (including phenoxy) is 5. The Hall–Kier alpha value is -2.16. The Labute approximate surface area is 282 Å². The SMILES string of the molecule is C[C@@H]1CCC2[C@]3(C)COC(C)(C)O[C@H]3CC[C@]2(C)[C@]12CCC(CCOC(=O)c1ccccc1Cl)(COC(=O)c1ccccc1Cl)O2. The summed E-state index contributed by atoms with van der Waals surface area (Å²) in [4.78, 5) is 26.2. The molecular formula is C37H46Cl2O7. The summed E-state index contributed by atoms with van der Waals surface area (Å²) in [5.41, 5.74) is -0.996. The number of fused-ring (bicyclic) bond motifs is 4. The van der Waals surface area contributed by atoms with E-state index in [4.69, 9.17) is 46.9 Å². The van der Waals surface area contributed by atoms with Gasteiger partial charge in [0, 0.05) is 17.3 Å². The topological polar surface area (TPSA) is 80.3 Å². The number of carbonyl (C=O) groups is 2. The van der Waals surface area contributed by atoms with Gasteiger partial charge in [-0.05, 0) is 88.5 Å². The minimum absolute atomic E-state index is 0.0240. The molecule has 4 aliphatic rings. The van der Waals surface area contributed by atoms with Crippen LogP contribution in [0, 0.1) is 22.7 Å². The van der Waals surface area contributed by atoms with Gasteiger partial charge < -0.3 is 23.7 Å². The molecule has 2 aromatic carbocycles. The molecule has 2 heterocycles. The minimum atomic E-state index is -0.851. The van der Waals surface area contributed by atoms with Crippen molar-refractivity contribution in [1.82, 2.24) is 0 Å². The molecule has 0 radical (unpaired) electrons. The minimum Gasteiger partial charge on any atom is -0.462 e. The normalized spacial score (nSPS) is 36.5. The summed E-state index contributed by atoms with van der Waals surface area (Å²) in [7, 11) is 0. The largest absolute Gasteiger partial charge is 0.462 e. The quantitative estimate of drug-likeness (QED) is 0.272. The zero-order chi connectivity index (χ0) is 33.0. The third-order valence-corrected chi connectivity index (χ3v) is 12.5. The Bertz CT molecular complexity index is 1480. The van der Waals surface area contributed by atoms with Crippen molar-refractivity contribution in [2.75, 3.05) is 19.8 Å². The molecule has 9 heteroatoms. The Morgan fingerprint density at radius 2 is 1.48 bits per heavy atom. The van der Waals surface area contributed by atoms with E-state index in [1.165, 1.54) is 0 Å². The highest BCUT2D eigenvalue weighted by molar-refractivity contribution is 6.34. The molecule has 6 rings (SSSR count). The summed E-state index contributed by atoms with van der Waals surface area (Å²) in [6.45, 7) is 11.8. The van der Waals surface area contributed by atoms with Crippen LogP contribution in [0.4, 0.5) is 0 Å². The van der Waals surface area contributed by atoms with Crippen molar-refractivity contribution in [3.8, 4) is 0 Å². The molecule has 2 saturated heterocycles.